The standard InChI is InChI=1S/C18H31NO4/c1-7-8-9-13-12(3)11(2)10-14(13)23-17(22)19-15(16(20)21)18(4,5)6/h7,11-15H,1,8-10H2,2-6H3,(H,19,22)(H,20,21)/t11-,12-,13+,14+,15+/m0/s1. The van der Waals surface area contributed by atoms with Crippen LogP contribution in [0.4, 0.5) is 4.79 Å². The number of allylic oxidation sites excluding steroid dienone is 1. The molecule has 5 atom stereocenters. The Labute approximate surface area is 139 Å². The first-order chi connectivity index (χ1) is 10.6. The van der Waals surface area contributed by atoms with Gasteiger partial charge >= 0.3 is 12.1 Å². The normalized spacial score (nSPS) is 28.9. The molecule has 1 fully saturated rings. The van der Waals surface area contributed by atoms with E-state index in [9.17, 15) is 14.7 Å². The molecule has 0 radical (unpaired) electrons. The summed E-state index contributed by atoms with van der Waals surface area (Å²) in [6.45, 7) is 13.4. The Morgan fingerprint density at radius 2 is 2.00 bits per heavy atom. The number of carbonyl (C=O) groups is 2. The van der Waals surface area contributed by atoms with Crippen LogP contribution in [0.15, 0.2) is 12.7 Å². The van der Waals surface area contributed by atoms with E-state index in [1.54, 1.807) is 20.8 Å². The second kappa shape index (κ2) is 7.84. The lowest BCUT2D eigenvalue weighted by atomic mass is 9.87. The van der Waals surface area contributed by atoms with E-state index in [1.807, 2.05) is 6.08 Å². The summed E-state index contributed by atoms with van der Waals surface area (Å²) < 4.78 is 5.59. The first-order valence-electron chi connectivity index (χ1n) is 8.38. The highest BCUT2D eigenvalue weighted by atomic mass is 16.6. The number of aliphatic carboxylic acids is 1. The number of carbonyl (C=O) groups excluding carboxylic acids is 1. The van der Waals surface area contributed by atoms with E-state index >= 15 is 0 Å². The smallest absolute Gasteiger partial charge is 0.408 e. The zero-order chi connectivity index (χ0) is 17.8. The molecule has 1 aliphatic rings. The molecule has 0 heterocycles. The number of nitrogens with one attached hydrogen (secondary N) is 1. The Balaban J connectivity index is 2.71. The van der Waals surface area contributed by atoms with E-state index in [0.29, 0.717) is 17.8 Å². The predicted octanol–water partition coefficient (Wildman–Crippen LogP) is 3.84. The summed E-state index contributed by atoms with van der Waals surface area (Å²) in [4.78, 5) is 23.5. The molecule has 0 aromatic rings. The van der Waals surface area contributed by atoms with Gasteiger partial charge in [-0.2, -0.15) is 0 Å². The Hall–Kier alpha value is -1.52. The van der Waals surface area contributed by atoms with Gasteiger partial charge in [-0.15, -0.1) is 6.58 Å². The number of hydrogen-bond donors (Lipinski definition) is 2. The lowest BCUT2D eigenvalue weighted by Crippen LogP contribution is -2.50. The van der Waals surface area contributed by atoms with Crippen LogP contribution in [0.3, 0.4) is 0 Å². The highest BCUT2D eigenvalue weighted by Crippen LogP contribution is 2.41. The van der Waals surface area contributed by atoms with E-state index in [0.717, 1.165) is 19.3 Å². The van der Waals surface area contributed by atoms with Crippen molar-refractivity contribution in [2.75, 3.05) is 0 Å². The van der Waals surface area contributed by atoms with Gasteiger partial charge in [0.1, 0.15) is 12.1 Å². The maximum Gasteiger partial charge on any atom is 0.408 e. The van der Waals surface area contributed by atoms with E-state index < -0.39 is 23.5 Å². The molecule has 2 N–H and O–H groups in total. The van der Waals surface area contributed by atoms with E-state index in [4.69, 9.17) is 4.74 Å². The maximum absolute atomic E-state index is 12.2. The van der Waals surface area contributed by atoms with Gasteiger partial charge < -0.3 is 15.2 Å². The minimum Gasteiger partial charge on any atom is -0.480 e. The molecule has 1 saturated carbocycles. The summed E-state index contributed by atoms with van der Waals surface area (Å²) >= 11 is 0. The van der Waals surface area contributed by atoms with Crippen molar-refractivity contribution in [1.82, 2.24) is 5.32 Å². The molecule has 0 saturated heterocycles. The fourth-order valence-electron chi connectivity index (χ4n) is 3.35. The quantitative estimate of drug-likeness (QED) is 0.728. The molecular formula is C18H31NO4. The van der Waals surface area contributed by atoms with Crippen molar-refractivity contribution in [2.45, 2.75) is 66.0 Å². The van der Waals surface area contributed by atoms with Gasteiger partial charge in [-0.05, 0) is 42.4 Å². The number of alkyl carbamates (subject to hydrolysis) is 1. The molecule has 132 valence electrons. The summed E-state index contributed by atoms with van der Waals surface area (Å²) in [6.07, 6.45) is 3.74. The average molecular weight is 325 g/mol. The maximum atomic E-state index is 12.2. The summed E-state index contributed by atoms with van der Waals surface area (Å²) in [6, 6.07) is -0.974. The topological polar surface area (TPSA) is 75.6 Å². The molecular weight excluding hydrogens is 294 g/mol. The molecule has 5 nitrogen and oxygen atoms in total. The van der Waals surface area contributed by atoms with Gasteiger partial charge in [-0.1, -0.05) is 40.7 Å². The number of amides is 1. The van der Waals surface area contributed by atoms with Crippen molar-refractivity contribution in [2.24, 2.45) is 23.2 Å². The molecule has 23 heavy (non-hydrogen) atoms. The zero-order valence-electron chi connectivity index (χ0n) is 15.0. The lowest BCUT2D eigenvalue weighted by molar-refractivity contribution is -0.142. The van der Waals surface area contributed by atoms with E-state index in [-0.39, 0.29) is 6.10 Å². The zero-order valence-corrected chi connectivity index (χ0v) is 15.0. The molecule has 1 rings (SSSR count). The van der Waals surface area contributed by atoms with Crippen LogP contribution in [0.5, 0.6) is 0 Å². The average Bonchev–Trinajstić information content (AvgIpc) is 2.67. The minimum atomic E-state index is -1.05. The Morgan fingerprint density at radius 3 is 2.48 bits per heavy atom. The van der Waals surface area contributed by atoms with Crippen molar-refractivity contribution < 1.29 is 19.4 Å². The summed E-state index contributed by atoms with van der Waals surface area (Å²) in [5, 5.41) is 11.8. The molecule has 1 aliphatic carbocycles. The molecule has 0 aromatic heterocycles. The Morgan fingerprint density at radius 1 is 1.39 bits per heavy atom. The largest absolute Gasteiger partial charge is 0.480 e. The van der Waals surface area contributed by atoms with Gasteiger partial charge in [0.25, 0.3) is 0 Å². The fraction of sp³-hybridized carbons (Fsp3) is 0.778. The second-order valence-corrected chi connectivity index (χ2v) is 7.83. The van der Waals surface area contributed by atoms with Crippen molar-refractivity contribution in [1.29, 1.82) is 0 Å². The van der Waals surface area contributed by atoms with Gasteiger partial charge in [-0.3, -0.25) is 0 Å². The van der Waals surface area contributed by atoms with Crippen molar-refractivity contribution in [3.63, 3.8) is 0 Å². The third kappa shape index (κ3) is 5.26. The lowest BCUT2D eigenvalue weighted by Gasteiger charge is -2.29. The van der Waals surface area contributed by atoms with Crippen LogP contribution >= 0.6 is 0 Å². The monoisotopic (exact) mass is 325 g/mol. The molecule has 0 unspecified atom stereocenters. The number of rotatable bonds is 6. The molecule has 1 amide bonds. The van der Waals surface area contributed by atoms with Crippen LogP contribution in [-0.4, -0.2) is 29.3 Å². The predicted molar refractivity (Wildman–Crippen MR) is 90.1 cm³/mol. The van der Waals surface area contributed by atoms with Crippen LogP contribution in [-0.2, 0) is 9.53 Å². The van der Waals surface area contributed by atoms with Crippen LogP contribution in [0.2, 0.25) is 0 Å². The molecule has 0 aromatic carbocycles. The summed E-state index contributed by atoms with van der Waals surface area (Å²) in [7, 11) is 0. The highest BCUT2D eigenvalue weighted by Gasteiger charge is 2.41. The van der Waals surface area contributed by atoms with Crippen LogP contribution in [0.1, 0.15) is 53.9 Å². The molecule has 0 aliphatic heterocycles. The molecule has 0 bridgehead atoms. The van der Waals surface area contributed by atoms with Crippen molar-refractivity contribution >= 4 is 12.1 Å². The highest BCUT2D eigenvalue weighted by molar-refractivity contribution is 5.80. The minimum absolute atomic E-state index is 0.158. The van der Waals surface area contributed by atoms with Gasteiger partial charge in [0.15, 0.2) is 0 Å². The fourth-order valence-corrected chi connectivity index (χ4v) is 3.35. The van der Waals surface area contributed by atoms with Crippen molar-refractivity contribution in [3.05, 3.63) is 12.7 Å². The van der Waals surface area contributed by atoms with Gasteiger partial charge in [0.2, 0.25) is 0 Å². The molecule has 5 heteroatoms. The Bertz CT molecular complexity index is 441. The number of hydrogen-bond acceptors (Lipinski definition) is 3. The van der Waals surface area contributed by atoms with Gasteiger partial charge in [0.05, 0.1) is 0 Å². The van der Waals surface area contributed by atoms with Crippen molar-refractivity contribution in [3.8, 4) is 0 Å². The summed E-state index contributed by atoms with van der Waals surface area (Å²) in [5.41, 5.74) is -0.580. The first-order valence-corrected chi connectivity index (χ1v) is 8.38. The van der Waals surface area contributed by atoms with Crippen LogP contribution in [0.25, 0.3) is 0 Å². The van der Waals surface area contributed by atoms with E-state index in [1.165, 1.54) is 0 Å². The van der Waals surface area contributed by atoms with E-state index in [2.05, 4.69) is 25.7 Å². The van der Waals surface area contributed by atoms with Crippen LogP contribution in [0, 0.1) is 23.2 Å². The Kier molecular flexibility index (Phi) is 6.66. The third-order valence-electron chi connectivity index (χ3n) is 4.99. The SMILES string of the molecule is C=CCC[C@@H]1[C@@H](C)[C@@H](C)C[C@H]1OC(=O)N[C@H](C(=O)O)C(C)(C)C. The molecule has 0 spiro atoms. The second-order valence-electron chi connectivity index (χ2n) is 7.83. The number of carboxylic acids is 1. The summed E-state index contributed by atoms with van der Waals surface area (Å²) in [5.74, 6) is 0.212. The van der Waals surface area contributed by atoms with Crippen LogP contribution < -0.4 is 5.32 Å². The first kappa shape index (κ1) is 19.5. The number of ether oxygens (including phenoxy) is 1. The van der Waals surface area contributed by atoms with Gasteiger partial charge in [-0.25, -0.2) is 9.59 Å². The van der Waals surface area contributed by atoms with Gasteiger partial charge in [0, 0.05) is 0 Å². The number of carboxylic acid groups (broad SMARTS) is 1. The third-order valence-corrected chi connectivity index (χ3v) is 4.99.